The zero-order valence-electron chi connectivity index (χ0n) is 11.4. The Morgan fingerprint density at radius 1 is 1.24 bits per heavy atom. The number of hydrogen-bond donors (Lipinski definition) is 1. The molecule has 1 aliphatic carbocycles. The fourth-order valence-electron chi connectivity index (χ4n) is 2.84. The summed E-state index contributed by atoms with van der Waals surface area (Å²) < 4.78 is 22.7. The summed E-state index contributed by atoms with van der Waals surface area (Å²) in [6.45, 7) is 7.14. The Morgan fingerprint density at radius 3 is 2.47 bits per heavy atom. The van der Waals surface area contributed by atoms with Crippen molar-refractivity contribution in [3.63, 3.8) is 0 Å². The van der Waals surface area contributed by atoms with E-state index in [0.29, 0.717) is 11.8 Å². The molecule has 3 atom stereocenters. The third-order valence-electron chi connectivity index (χ3n) is 4.23. The highest BCUT2D eigenvalue weighted by Crippen LogP contribution is 2.33. The monoisotopic (exact) mass is 261 g/mol. The van der Waals surface area contributed by atoms with Crippen LogP contribution in [0.2, 0.25) is 0 Å². The van der Waals surface area contributed by atoms with Crippen molar-refractivity contribution in [3.05, 3.63) is 0 Å². The lowest BCUT2D eigenvalue weighted by atomic mass is 9.93. The smallest absolute Gasteiger partial charge is 0.150 e. The lowest BCUT2D eigenvalue weighted by molar-refractivity contribution is 0.346. The Kier molecular flexibility index (Phi) is 5.93. The highest BCUT2D eigenvalue weighted by Gasteiger charge is 2.30. The first-order chi connectivity index (χ1) is 8.00. The van der Waals surface area contributed by atoms with E-state index in [9.17, 15) is 8.42 Å². The Labute approximate surface area is 106 Å². The molecule has 0 aliphatic heterocycles. The number of nitrogens with one attached hydrogen (secondary N) is 1. The molecule has 0 aromatic rings. The van der Waals surface area contributed by atoms with Crippen LogP contribution in [0.3, 0.4) is 0 Å². The van der Waals surface area contributed by atoms with Gasteiger partial charge in [0.1, 0.15) is 9.84 Å². The maximum atomic E-state index is 11.3. The molecule has 0 radical (unpaired) electrons. The van der Waals surface area contributed by atoms with E-state index in [4.69, 9.17) is 0 Å². The summed E-state index contributed by atoms with van der Waals surface area (Å²) in [7, 11) is -2.78. The molecule has 17 heavy (non-hydrogen) atoms. The predicted molar refractivity (Wildman–Crippen MR) is 72.9 cm³/mol. The van der Waals surface area contributed by atoms with Crippen molar-refractivity contribution < 1.29 is 8.42 Å². The third-order valence-corrected chi connectivity index (χ3v) is 6.02. The molecule has 0 heterocycles. The summed E-state index contributed by atoms with van der Waals surface area (Å²) in [6.07, 6.45) is 4.59. The minimum Gasteiger partial charge on any atom is -0.314 e. The molecule has 1 rings (SSSR count). The SMILES string of the molecule is CCC1CCC(NCCCS(=O)(=O)CC)C1C. The first-order valence-corrected chi connectivity index (χ1v) is 8.76. The molecular formula is C13H27NO2S. The Bertz CT molecular complexity index is 313. The zero-order chi connectivity index (χ0) is 12.9. The summed E-state index contributed by atoms with van der Waals surface area (Å²) in [5, 5.41) is 3.53. The van der Waals surface area contributed by atoms with Gasteiger partial charge in [0.15, 0.2) is 0 Å². The topological polar surface area (TPSA) is 46.2 Å². The number of rotatable bonds is 7. The molecule has 1 fully saturated rings. The van der Waals surface area contributed by atoms with Crippen LogP contribution in [0.25, 0.3) is 0 Å². The first-order valence-electron chi connectivity index (χ1n) is 6.94. The van der Waals surface area contributed by atoms with E-state index in [2.05, 4.69) is 19.2 Å². The summed E-state index contributed by atoms with van der Waals surface area (Å²) in [5.41, 5.74) is 0. The molecule has 1 aliphatic rings. The molecule has 0 aromatic carbocycles. The molecule has 0 saturated heterocycles. The van der Waals surface area contributed by atoms with Gasteiger partial charge >= 0.3 is 0 Å². The normalized spacial score (nSPS) is 29.7. The van der Waals surface area contributed by atoms with Gasteiger partial charge in [0, 0.05) is 11.8 Å². The fourth-order valence-corrected chi connectivity index (χ4v) is 3.71. The van der Waals surface area contributed by atoms with Crippen LogP contribution in [0.1, 0.15) is 46.5 Å². The molecule has 4 heteroatoms. The highest BCUT2D eigenvalue weighted by atomic mass is 32.2. The van der Waals surface area contributed by atoms with Crippen LogP contribution >= 0.6 is 0 Å². The van der Waals surface area contributed by atoms with E-state index in [1.54, 1.807) is 6.92 Å². The second kappa shape index (κ2) is 6.74. The third kappa shape index (κ3) is 4.59. The van der Waals surface area contributed by atoms with Crippen LogP contribution < -0.4 is 5.32 Å². The minimum atomic E-state index is -2.78. The van der Waals surface area contributed by atoms with Crippen molar-refractivity contribution in [1.82, 2.24) is 5.32 Å². The van der Waals surface area contributed by atoms with Crippen molar-refractivity contribution in [2.45, 2.75) is 52.5 Å². The second-order valence-corrected chi connectivity index (χ2v) is 7.73. The van der Waals surface area contributed by atoms with Gasteiger partial charge < -0.3 is 5.32 Å². The van der Waals surface area contributed by atoms with E-state index in [-0.39, 0.29) is 5.75 Å². The van der Waals surface area contributed by atoms with Crippen molar-refractivity contribution in [1.29, 1.82) is 0 Å². The zero-order valence-corrected chi connectivity index (χ0v) is 12.2. The molecule has 3 unspecified atom stereocenters. The second-order valence-electron chi connectivity index (χ2n) is 5.26. The molecular weight excluding hydrogens is 234 g/mol. The largest absolute Gasteiger partial charge is 0.314 e. The van der Waals surface area contributed by atoms with E-state index >= 15 is 0 Å². The lowest BCUT2D eigenvalue weighted by Gasteiger charge is -2.21. The standard InChI is InChI=1S/C13H27NO2S/c1-4-12-7-8-13(11(12)3)14-9-6-10-17(15,16)5-2/h11-14H,4-10H2,1-3H3. The molecule has 0 spiro atoms. The summed E-state index contributed by atoms with van der Waals surface area (Å²) in [6, 6.07) is 0.601. The average molecular weight is 261 g/mol. The molecule has 0 bridgehead atoms. The van der Waals surface area contributed by atoms with Gasteiger partial charge in [0.05, 0.1) is 5.75 Å². The molecule has 0 aromatic heterocycles. The fraction of sp³-hybridized carbons (Fsp3) is 1.00. The van der Waals surface area contributed by atoms with Crippen LogP contribution in [0.5, 0.6) is 0 Å². The van der Waals surface area contributed by atoms with E-state index in [0.717, 1.165) is 24.8 Å². The number of sulfone groups is 1. The molecule has 1 N–H and O–H groups in total. The predicted octanol–water partition coefficient (Wildman–Crippen LogP) is 2.23. The summed E-state index contributed by atoms with van der Waals surface area (Å²) in [5.74, 6) is 2.19. The van der Waals surface area contributed by atoms with Crippen molar-refractivity contribution in [3.8, 4) is 0 Å². The molecule has 0 amide bonds. The maximum absolute atomic E-state index is 11.3. The summed E-state index contributed by atoms with van der Waals surface area (Å²) >= 11 is 0. The quantitative estimate of drug-likeness (QED) is 0.715. The van der Waals surface area contributed by atoms with Gasteiger partial charge in [-0.05, 0) is 37.6 Å². The van der Waals surface area contributed by atoms with Gasteiger partial charge in [-0.15, -0.1) is 0 Å². The Balaban J connectivity index is 2.20. The van der Waals surface area contributed by atoms with Gasteiger partial charge in [-0.1, -0.05) is 27.2 Å². The molecule has 3 nitrogen and oxygen atoms in total. The molecule has 1 saturated carbocycles. The van der Waals surface area contributed by atoms with Crippen LogP contribution in [-0.2, 0) is 9.84 Å². The van der Waals surface area contributed by atoms with E-state index in [1.807, 2.05) is 0 Å². The van der Waals surface area contributed by atoms with Gasteiger partial charge in [-0.3, -0.25) is 0 Å². The maximum Gasteiger partial charge on any atom is 0.150 e. The van der Waals surface area contributed by atoms with Gasteiger partial charge in [0.2, 0.25) is 0 Å². The van der Waals surface area contributed by atoms with Crippen molar-refractivity contribution in [2.24, 2.45) is 11.8 Å². The number of hydrogen-bond acceptors (Lipinski definition) is 3. The van der Waals surface area contributed by atoms with Crippen LogP contribution in [0.4, 0.5) is 0 Å². The van der Waals surface area contributed by atoms with Crippen LogP contribution in [0.15, 0.2) is 0 Å². The Hall–Kier alpha value is -0.0900. The Morgan fingerprint density at radius 2 is 1.94 bits per heavy atom. The lowest BCUT2D eigenvalue weighted by Crippen LogP contribution is -2.34. The first kappa shape index (κ1) is 15.0. The highest BCUT2D eigenvalue weighted by molar-refractivity contribution is 7.91. The van der Waals surface area contributed by atoms with E-state index in [1.165, 1.54) is 19.3 Å². The average Bonchev–Trinajstić information content (AvgIpc) is 2.66. The van der Waals surface area contributed by atoms with Crippen molar-refractivity contribution in [2.75, 3.05) is 18.1 Å². The van der Waals surface area contributed by atoms with Crippen molar-refractivity contribution >= 4 is 9.84 Å². The van der Waals surface area contributed by atoms with Gasteiger partial charge in [0.25, 0.3) is 0 Å². The summed E-state index contributed by atoms with van der Waals surface area (Å²) in [4.78, 5) is 0. The minimum absolute atomic E-state index is 0.269. The van der Waals surface area contributed by atoms with E-state index < -0.39 is 9.84 Å². The molecule has 102 valence electrons. The van der Waals surface area contributed by atoms with Crippen LogP contribution in [-0.4, -0.2) is 32.5 Å². The van der Waals surface area contributed by atoms with Crippen LogP contribution in [0, 0.1) is 11.8 Å². The van der Waals surface area contributed by atoms with Gasteiger partial charge in [-0.2, -0.15) is 0 Å². The van der Waals surface area contributed by atoms with Gasteiger partial charge in [-0.25, -0.2) is 8.42 Å².